The van der Waals surface area contributed by atoms with Crippen molar-refractivity contribution in [3.8, 4) is 0 Å². The Hall–Kier alpha value is -1.95. The first-order chi connectivity index (χ1) is 7.75. The molecule has 2 aromatic rings. The van der Waals surface area contributed by atoms with Crippen molar-refractivity contribution in [3.05, 3.63) is 40.5 Å². The normalized spacial score (nSPS) is 10.0. The zero-order chi connectivity index (χ0) is 11.4. The summed E-state index contributed by atoms with van der Waals surface area (Å²) in [5.41, 5.74) is 5.51. The lowest BCUT2D eigenvalue weighted by Crippen LogP contribution is -2.11. The van der Waals surface area contributed by atoms with Crippen LogP contribution >= 0.6 is 11.3 Å². The molecule has 0 spiro atoms. The van der Waals surface area contributed by atoms with Gasteiger partial charge in [-0.15, -0.1) is 11.3 Å². The maximum Gasteiger partial charge on any atom is 0.250 e. The standard InChI is InChI=1S/C10H10N4OS/c11-10(15)7-1-2-8(13-5-7)14-6-9-12-3-4-16-9/h1-5H,6H2,(H2,11,15)(H,13,14). The number of nitrogens with one attached hydrogen (secondary N) is 1. The van der Waals surface area contributed by atoms with Gasteiger partial charge in [-0.1, -0.05) is 0 Å². The molecule has 0 saturated carbocycles. The summed E-state index contributed by atoms with van der Waals surface area (Å²) in [6, 6.07) is 3.35. The Balaban J connectivity index is 1.98. The highest BCUT2D eigenvalue weighted by Gasteiger charge is 2.01. The lowest BCUT2D eigenvalue weighted by molar-refractivity contribution is 0.1000. The van der Waals surface area contributed by atoms with Crippen molar-refractivity contribution < 1.29 is 4.79 Å². The van der Waals surface area contributed by atoms with Crippen molar-refractivity contribution in [1.29, 1.82) is 0 Å². The minimum absolute atomic E-state index is 0.403. The van der Waals surface area contributed by atoms with E-state index in [-0.39, 0.29) is 0 Å². The van der Waals surface area contributed by atoms with Crippen LogP contribution in [0.4, 0.5) is 5.82 Å². The summed E-state index contributed by atoms with van der Waals surface area (Å²) in [4.78, 5) is 19.0. The van der Waals surface area contributed by atoms with E-state index in [2.05, 4.69) is 15.3 Å². The quantitative estimate of drug-likeness (QED) is 0.834. The van der Waals surface area contributed by atoms with Crippen LogP contribution in [0.5, 0.6) is 0 Å². The van der Waals surface area contributed by atoms with Crippen LogP contribution in [0.15, 0.2) is 29.9 Å². The summed E-state index contributed by atoms with van der Waals surface area (Å²) in [5.74, 6) is 0.221. The number of thiazole rings is 1. The predicted molar refractivity (Wildman–Crippen MR) is 62.2 cm³/mol. The zero-order valence-electron chi connectivity index (χ0n) is 8.38. The van der Waals surface area contributed by atoms with Crippen LogP contribution in [0.3, 0.4) is 0 Å². The van der Waals surface area contributed by atoms with E-state index in [1.807, 2.05) is 5.38 Å². The van der Waals surface area contributed by atoms with Crippen LogP contribution in [0.1, 0.15) is 15.4 Å². The van der Waals surface area contributed by atoms with Gasteiger partial charge in [0.15, 0.2) is 0 Å². The van der Waals surface area contributed by atoms with Crippen molar-refractivity contribution in [2.24, 2.45) is 5.73 Å². The molecule has 6 heteroatoms. The summed E-state index contributed by atoms with van der Waals surface area (Å²) >= 11 is 1.57. The topological polar surface area (TPSA) is 80.9 Å². The van der Waals surface area contributed by atoms with Gasteiger partial charge in [-0.05, 0) is 12.1 Å². The third-order valence-electron chi connectivity index (χ3n) is 1.95. The Labute approximate surface area is 96.3 Å². The predicted octanol–water partition coefficient (Wildman–Crippen LogP) is 1.25. The fourth-order valence-corrected chi connectivity index (χ4v) is 1.71. The molecule has 1 amide bonds. The maximum atomic E-state index is 10.8. The molecule has 0 atom stereocenters. The van der Waals surface area contributed by atoms with Gasteiger partial charge in [0, 0.05) is 17.8 Å². The van der Waals surface area contributed by atoms with Gasteiger partial charge in [0.1, 0.15) is 10.8 Å². The summed E-state index contributed by atoms with van der Waals surface area (Å²) < 4.78 is 0. The van der Waals surface area contributed by atoms with E-state index in [1.54, 1.807) is 29.7 Å². The van der Waals surface area contributed by atoms with Crippen molar-refractivity contribution >= 4 is 23.1 Å². The fraction of sp³-hybridized carbons (Fsp3) is 0.100. The van der Waals surface area contributed by atoms with Crippen molar-refractivity contribution in [1.82, 2.24) is 9.97 Å². The number of nitrogens with two attached hydrogens (primary N) is 1. The highest BCUT2D eigenvalue weighted by atomic mass is 32.1. The first-order valence-corrected chi connectivity index (χ1v) is 5.52. The molecule has 0 aliphatic heterocycles. The molecular formula is C10H10N4OS. The molecule has 16 heavy (non-hydrogen) atoms. The molecule has 5 nitrogen and oxygen atoms in total. The van der Waals surface area contributed by atoms with E-state index >= 15 is 0 Å². The molecule has 0 aliphatic rings. The molecule has 0 fully saturated rings. The minimum atomic E-state index is -0.473. The van der Waals surface area contributed by atoms with Gasteiger partial charge < -0.3 is 11.1 Å². The smallest absolute Gasteiger partial charge is 0.250 e. The number of primary amides is 1. The highest BCUT2D eigenvalue weighted by molar-refractivity contribution is 7.09. The fourth-order valence-electron chi connectivity index (χ4n) is 1.15. The number of carbonyl (C=O) groups excluding carboxylic acids is 1. The first kappa shape index (κ1) is 10.6. The molecule has 2 aromatic heterocycles. The average Bonchev–Trinajstić information content (AvgIpc) is 2.80. The summed E-state index contributed by atoms with van der Waals surface area (Å²) in [6.07, 6.45) is 3.21. The van der Waals surface area contributed by atoms with Gasteiger partial charge in [0.25, 0.3) is 0 Å². The summed E-state index contributed by atoms with van der Waals surface area (Å²) in [6.45, 7) is 0.626. The Morgan fingerprint density at radius 3 is 2.88 bits per heavy atom. The lowest BCUT2D eigenvalue weighted by Gasteiger charge is -2.03. The molecule has 0 radical (unpaired) electrons. The van der Waals surface area contributed by atoms with Gasteiger partial charge in [0.05, 0.1) is 12.1 Å². The second kappa shape index (κ2) is 4.71. The monoisotopic (exact) mass is 234 g/mol. The molecule has 0 saturated heterocycles. The Bertz CT molecular complexity index is 466. The number of rotatable bonds is 4. The third-order valence-corrected chi connectivity index (χ3v) is 2.73. The molecule has 2 rings (SSSR count). The van der Waals surface area contributed by atoms with Gasteiger partial charge >= 0.3 is 0 Å². The maximum absolute atomic E-state index is 10.8. The largest absolute Gasteiger partial charge is 0.366 e. The van der Waals surface area contributed by atoms with E-state index < -0.39 is 5.91 Å². The molecule has 0 bridgehead atoms. The van der Waals surface area contributed by atoms with Gasteiger partial charge in [-0.2, -0.15) is 0 Å². The minimum Gasteiger partial charge on any atom is -0.366 e. The molecule has 0 unspecified atom stereocenters. The van der Waals surface area contributed by atoms with Crippen molar-refractivity contribution in [3.63, 3.8) is 0 Å². The number of nitrogens with zero attached hydrogens (tertiary/aromatic N) is 2. The molecule has 3 N–H and O–H groups in total. The van der Waals surface area contributed by atoms with Gasteiger partial charge in [0.2, 0.25) is 5.91 Å². The Morgan fingerprint density at radius 2 is 2.31 bits per heavy atom. The number of pyridine rings is 1. The van der Waals surface area contributed by atoms with Crippen LogP contribution in [-0.4, -0.2) is 15.9 Å². The SMILES string of the molecule is NC(=O)c1ccc(NCc2nccs2)nc1. The van der Waals surface area contributed by atoms with Gasteiger partial charge in [-0.3, -0.25) is 4.79 Å². The van der Waals surface area contributed by atoms with E-state index in [0.29, 0.717) is 17.9 Å². The van der Waals surface area contributed by atoms with Crippen LogP contribution < -0.4 is 11.1 Å². The molecule has 82 valence electrons. The average molecular weight is 234 g/mol. The van der Waals surface area contributed by atoms with Crippen molar-refractivity contribution in [2.75, 3.05) is 5.32 Å². The second-order valence-corrected chi connectivity index (χ2v) is 4.05. The number of carbonyl (C=O) groups is 1. The third kappa shape index (κ3) is 2.54. The molecule has 0 aromatic carbocycles. The Kier molecular flexibility index (Phi) is 3.11. The highest BCUT2D eigenvalue weighted by Crippen LogP contribution is 2.09. The van der Waals surface area contributed by atoms with Crippen LogP contribution in [-0.2, 0) is 6.54 Å². The van der Waals surface area contributed by atoms with E-state index in [4.69, 9.17) is 5.73 Å². The number of hydrogen-bond acceptors (Lipinski definition) is 5. The van der Waals surface area contributed by atoms with E-state index in [1.165, 1.54) is 6.20 Å². The van der Waals surface area contributed by atoms with E-state index in [9.17, 15) is 4.79 Å². The van der Waals surface area contributed by atoms with E-state index in [0.717, 1.165) is 5.01 Å². The second-order valence-electron chi connectivity index (χ2n) is 3.08. The van der Waals surface area contributed by atoms with Gasteiger partial charge in [-0.25, -0.2) is 9.97 Å². The number of hydrogen-bond donors (Lipinski definition) is 2. The number of amides is 1. The lowest BCUT2D eigenvalue weighted by atomic mass is 10.3. The number of aromatic nitrogens is 2. The summed E-state index contributed by atoms with van der Waals surface area (Å²) in [7, 11) is 0. The van der Waals surface area contributed by atoms with Crippen molar-refractivity contribution in [2.45, 2.75) is 6.54 Å². The van der Waals surface area contributed by atoms with Crippen LogP contribution in [0.2, 0.25) is 0 Å². The zero-order valence-corrected chi connectivity index (χ0v) is 9.20. The van der Waals surface area contributed by atoms with Crippen LogP contribution in [0.25, 0.3) is 0 Å². The first-order valence-electron chi connectivity index (χ1n) is 4.64. The number of anilines is 1. The molecule has 2 heterocycles. The van der Waals surface area contributed by atoms with Crippen LogP contribution in [0, 0.1) is 0 Å². The Morgan fingerprint density at radius 1 is 1.44 bits per heavy atom. The molecule has 0 aliphatic carbocycles. The summed E-state index contributed by atoms with van der Waals surface area (Å²) in [5, 5.41) is 6.00. The molecular weight excluding hydrogens is 224 g/mol.